The first kappa shape index (κ1) is 12.1. The molecule has 4 nitrogen and oxygen atoms in total. The lowest BCUT2D eigenvalue weighted by Gasteiger charge is -2.08. The van der Waals surface area contributed by atoms with Gasteiger partial charge in [0.15, 0.2) is 5.65 Å². The van der Waals surface area contributed by atoms with Crippen LogP contribution < -0.4 is 5.73 Å². The molecule has 0 bridgehead atoms. The molecule has 1 aromatic carbocycles. The minimum atomic E-state index is -0.360. The second-order valence-corrected chi connectivity index (χ2v) is 5.17. The fraction of sp³-hybridized carbons (Fsp3) is 0.0769. The molecular formula is C13H10BrFN4. The summed E-state index contributed by atoms with van der Waals surface area (Å²) in [6.07, 6.45) is 1.63. The van der Waals surface area contributed by atoms with E-state index in [2.05, 4.69) is 25.9 Å². The summed E-state index contributed by atoms with van der Waals surface area (Å²) in [6.45, 7) is 1.89. The van der Waals surface area contributed by atoms with Gasteiger partial charge in [-0.25, -0.2) is 14.4 Å². The standard InChI is InChI=1S/C13H10BrFN4/c1-7-2-3-9(15)11(4-7)19-12-10(18-13(19)16)5-8(14)6-17-12/h2-6H,1H3,(H2,16,18). The van der Waals surface area contributed by atoms with E-state index in [4.69, 9.17) is 5.73 Å². The number of fused-ring (bicyclic) bond motifs is 1. The number of benzene rings is 1. The molecule has 0 saturated heterocycles. The lowest BCUT2D eigenvalue weighted by Crippen LogP contribution is -2.04. The van der Waals surface area contributed by atoms with E-state index in [0.29, 0.717) is 16.9 Å². The molecule has 6 heteroatoms. The zero-order chi connectivity index (χ0) is 13.6. The molecule has 0 aliphatic heterocycles. The number of nitrogens with zero attached hydrogens (tertiary/aromatic N) is 3. The smallest absolute Gasteiger partial charge is 0.207 e. The maximum Gasteiger partial charge on any atom is 0.207 e. The predicted molar refractivity (Wildman–Crippen MR) is 75.7 cm³/mol. The van der Waals surface area contributed by atoms with E-state index in [0.717, 1.165) is 10.0 Å². The fourth-order valence-corrected chi connectivity index (χ4v) is 2.31. The summed E-state index contributed by atoms with van der Waals surface area (Å²) >= 11 is 3.32. The number of halogens is 2. The van der Waals surface area contributed by atoms with Crippen LogP contribution in [0.15, 0.2) is 34.9 Å². The normalized spacial score (nSPS) is 11.1. The van der Waals surface area contributed by atoms with Gasteiger partial charge in [0.25, 0.3) is 0 Å². The van der Waals surface area contributed by atoms with Crippen LogP contribution in [0.25, 0.3) is 16.9 Å². The molecule has 0 spiro atoms. The number of aromatic nitrogens is 3. The number of imidazole rings is 1. The van der Waals surface area contributed by atoms with Crippen LogP contribution in [-0.2, 0) is 0 Å². The Morgan fingerprint density at radius 3 is 2.89 bits per heavy atom. The number of pyridine rings is 1. The van der Waals surface area contributed by atoms with Crippen molar-refractivity contribution in [2.45, 2.75) is 6.92 Å². The molecule has 3 rings (SSSR count). The number of aryl methyl sites for hydroxylation is 1. The van der Waals surface area contributed by atoms with Crippen molar-refractivity contribution in [3.8, 4) is 5.69 Å². The minimum absolute atomic E-state index is 0.213. The Bertz CT molecular complexity index is 782. The van der Waals surface area contributed by atoms with Crippen LogP contribution in [0.3, 0.4) is 0 Å². The highest BCUT2D eigenvalue weighted by Crippen LogP contribution is 2.25. The lowest BCUT2D eigenvalue weighted by molar-refractivity contribution is 0.619. The lowest BCUT2D eigenvalue weighted by atomic mass is 10.2. The van der Waals surface area contributed by atoms with Crippen molar-refractivity contribution in [1.82, 2.24) is 14.5 Å². The van der Waals surface area contributed by atoms with Gasteiger partial charge in [-0.15, -0.1) is 0 Å². The molecule has 0 amide bonds. The van der Waals surface area contributed by atoms with Crippen molar-refractivity contribution in [2.24, 2.45) is 0 Å². The van der Waals surface area contributed by atoms with Gasteiger partial charge < -0.3 is 5.73 Å². The van der Waals surface area contributed by atoms with Gasteiger partial charge >= 0.3 is 0 Å². The molecule has 0 aliphatic carbocycles. The predicted octanol–water partition coefficient (Wildman–Crippen LogP) is 3.21. The first-order chi connectivity index (χ1) is 9.06. The molecule has 96 valence electrons. The molecular weight excluding hydrogens is 311 g/mol. The summed E-state index contributed by atoms with van der Waals surface area (Å²) in [5.41, 5.74) is 8.33. The number of hydrogen-bond donors (Lipinski definition) is 1. The topological polar surface area (TPSA) is 56.7 Å². The summed E-state index contributed by atoms with van der Waals surface area (Å²) in [5.74, 6) is -0.147. The zero-order valence-electron chi connectivity index (χ0n) is 10.1. The summed E-state index contributed by atoms with van der Waals surface area (Å²) in [6, 6.07) is 6.63. The molecule has 0 radical (unpaired) electrons. The number of nitrogens with two attached hydrogens (primary N) is 1. The van der Waals surface area contributed by atoms with Gasteiger partial charge in [-0.2, -0.15) is 0 Å². The Labute approximate surface area is 117 Å². The molecule has 19 heavy (non-hydrogen) atoms. The average molecular weight is 321 g/mol. The quantitative estimate of drug-likeness (QED) is 0.749. The number of nitrogen functional groups attached to an aromatic ring is 1. The van der Waals surface area contributed by atoms with Crippen LogP contribution in [0.1, 0.15) is 5.56 Å². The van der Waals surface area contributed by atoms with E-state index in [9.17, 15) is 4.39 Å². The highest BCUT2D eigenvalue weighted by Gasteiger charge is 2.14. The van der Waals surface area contributed by atoms with Gasteiger partial charge in [-0.05, 0) is 46.6 Å². The Morgan fingerprint density at radius 1 is 1.32 bits per heavy atom. The monoisotopic (exact) mass is 320 g/mol. The van der Waals surface area contributed by atoms with Crippen molar-refractivity contribution in [1.29, 1.82) is 0 Å². The van der Waals surface area contributed by atoms with Crippen LogP contribution >= 0.6 is 15.9 Å². The van der Waals surface area contributed by atoms with E-state index >= 15 is 0 Å². The van der Waals surface area contributed by atoms with Crippen LogP contribution in [0.4, 0.5) is 10.3 Å². The van der Waals surface area contributed by atoms with Gasteiger partial charge in [-0.1, -0.05) is 6.07 Å². The van der Waals surface area contributed by atoms with E-state index < -0.39 is 0 Å². The van der Waals surface area contributed by atoms with Gasteiger partial charge in [0.1, 0.15) is 11.3 Å². The van der Waals surface area contributed by atoms with Crippen LogP contribution in [0, 0.1) is 12.7 Å². The summed E-state index contributed by atoms with van der Waals surface area (Å²) in [5, 5.41) is 0. The van der Waals surface area contributed by atoms with Crippen LogP contribution in [0.2, 0.25) is 0 Å². The molecule has 0 fully saturated rings. The van der Waals surface area contributed by atoms with E-state index in [1.165, 1.54) is 10.6 Å². The second-order valence-electron chi connectivity index (χ2n) is 4.26. The van der Waals surface area contributed by atoms with Crippen LogP contribution in [0.5, 0.6) is 0 Å². The number of hydrogen-bond acceptors (Lipinski definition) is 3. The van der Waals surface area contributed by atoms with Crippen molar-refractivity contribution in [3.05, 3.63) is 46.3 Å². The molecule has 0 atom stereocenters. The molecule has 3 aromatic rings. The fourth-order valence-electron chi connectivity index (χ4n) is 1.99. The van der Waals surface area contributed by atoms with E-state index in [1.54, 1.807) is 24.4 Å². The maximum atomic E-state index is 14.0. The number of rotatable bonds is 1. The second kappa shape index (κ2) is 4.31. The van der Waals surface area contributed by atoms with Crippen molar-refractivity contribution in [2.75, 3.05) is 5.73 Å². The Balaban J connectivity index is 2.36. The first-order valence-electron chi connectivity index (χ1n) is 5.62. The minimum Gasteiger partial charge on any atom is -0.369 e. The molecule has 0 saturated carbocycles. The third kappa shape index (κ3) is 1.98. The van der Waals surface area contributed by atoms with Gasteiger partial charge in [0.05, 0.1) is 5.69 Å². The summed E-state index contributed by atoms with van der Waals surface area (Å²) in [7, 11) is 0. The molecule has 0 aliphatic rings. The Morgan fingerprint density at radius 2 is 2.11 bits per heavy atom. The largest absolute Gasteiger partial charge is 0.369 e. The van der Waals surface area contributed by atoms with Gasteiger partial charge in [-0.3, -0.25) is 4.57 Å². The SMILES string of the molecule is Cc1ccc(F)c(-n2c(N)nc3cc(Br)cnc32)c1. The van der Waals surface area contributed by atoms with Crippen molar-refractivity contribution < 1.29 is 4.39 Å². The van der Waals surface area contributed by atoms with Crippen molar-refractivity contribution >= 4 is 33.0 Å². The molecule has 2 heterocycles. The van der Waals surface area contributed by atoms with Crippen molar-refractivity contribution in [3.63, 3.8) is 0 Å². The zero-order valence-corrected chi connectivity index (χ0v) is 11.6. The third-order valence-corrected chi connectivity index (χ3v) is 3.27. The summed E-state index contributed by atoms with van der Waals surface area (Å²) in [4.78, 5) is 8.46. The number of anilines is 1. The van der Waals surface area contributed by atoms with E-state index in [-0.39, 0.29) is 11.8 Å². The van der Waals surface area contributed by atoms with Gasteiger partial charge in [0, 0.05) is 10.7 Å². The highest BCUT2D eigenvalue weighted by molar-refractivity contribution is 9.10. The van der Waals surface area contributed by atoms with Gasteiger partial charge in [0.2, 0.25) is 5.95 Å². The highest BCUT2D eigenvalue weighted by atomic mass is 79.9. The molecule has 2 aromatic heterocycles. The average Bonchev–Trinajstić information content (AvgIpc) is 2.67. The molecule has 2 N–H and O–H groups in total. The maximum absolute atomic E-state index is 14.0. The Hall–Kier alpha value is -1.95. The van der Waals surface area contributed by atoms with E-state index in [1.807, 2.05) is 6.92 Å². The Kier molecular flexibility index (Phi) is 2.74. The summed E-state index contributed by atoms with van der Waals surface area (Å²) < 4.78 is 16.3. The molecule has 0 unspecified atom stereocenters. The van der Waals surface area contributed by atoms with Crippen LogP contribution in [-0.4, -0.2) is 14.5 Å². The third-order valence-electron chi connectivity index (χ3n) is 2.83. The first-order valence-corrected chi connectivity index (χ1v) is 6.41.